The van der Waals surface area contributed by atoms with Crippen molar-refractivity contribution < 1.29 is 9.15 Å². The lowest BCUT2D eigenvalue weighted by molar-refractivity contribution is 0.310. The van der Waals surface area contributed by atoms with E-state index in [4.69, 9.17) is 9.15 Å². The monoisotopic (exact) mass is 372 g/mol. The molecule has 0 spiro atoms. The highest BCUT2D eigenvalue weighted by Gasteiger charge is 2.06. The van der Waals surface area contributed by atoms with E-state index in [1.807, 2.05) is 42.5 Å². The number of benzene rings is 2. The van der Waals surface area contributed by atoms with Crippen LogP contribution in [0.25, 0.3) is 22.3 Å². The number of rotatable bonds is 6. The fourth-order valence-corrected chi connectivity index (χ4v) is 2.74. The number of hydrogen-bond acceptors (Lipinski definition) is 3. The molecule has 0 amide bonds. The summed E-state index contributed by atoms with van der Waals surface area (Å²) in [4.78, 5) is 12.2. The van der Waals surface area contributed by atoms with E-state index in [1.165, 1.54) is 6.07 Å². The van der Waals surface area contributed by atoms with Crippen LogP contribution in [0.2, 0.25) is 0 Å². The van der Waals surface area contributed by atoms with Gasteiger partial charge in [0, 0.05) is 17.0 Å². The standard InChI is InChI=1S/C19H17BrO3/c20-11-3-4-12-22-15-9-7-14(8-10-15)19-13-17(21)16-5-1-2-6-18(16)23-19/h1-2,5-10,13H,3-4,11-12H2. The predicted octanol–water partition coefficient (Wildman–Crippen LogP) is 5.01. The van der Waals surface area contributed by atoms with Crippen LogP contribution < -0.4 is 10.2 Å². The molecular formula is C19H17BrO3. The maximum Gasteiger partial charge on any atom is 0.193 e. The van der Waals surface area contributed by atoms with Gasteiger partial charge in [0.1, 0.15) is 17.1 Å². The van der Waals surface area contributed by atoms with Crippen LogP contribution in [0.1, 0.15) is 12.8 Å². The zero-order valence-corrected chi connectivity index (χ0v) is 14.2. The molecule has 0 saturated heterocycles. The van der Waals surface area contributed by atoms with Gasteiger partial charge in [-0.1, -0.05) is 28.1 Å². The second kappa shape index (κ2) is 7.47. The molecule has 0 bridgehead atoms. The van der Waals surface area contributed by atoms with Crippen molar-refractivity contribution in [2.75, 3.05) is 11.9 Å². The van der Waals surface area contributed by atoms with Crippen LogP contribution in [0.5, 0.6) is 5.75 Å². The minimum Gasteiger partial charge on any atom is -0.494 e. The molecule has 0 unspecified atom stereocenters. The molecule has 118 valence electrons. The number of unbranched alkanes of at least 4 members (excludes halogenated alkanes) is 1. The maximum atomic E-state index is 12.2. The second-order valence-electron chi connectivity index (χ2n) is 5.24. The van der Waals surface area contributed by atoms with Crippen molar-refractivity contribution in [2.45, 2.75) is 12.8 Å². The summed E-state index contributed by atoms with van der Waals surface area (Å²) in [5.74, 6) is 1.39. The van der Waals surface area contributed by atoms with E-state index in [2.05, 4.69) is 15.9 Å². The highest BCUT2D eigenvalue weighted by Crippen LogP contribution is 2.24. The van der Waals surface area contributed by atoms with E-state index in [-0.39, 0.29) is 5.43 Å². The summed E-state index contributed by atoms with van der Waals surface area (Å²) in [6.07, 6.45) is 2.12. The molecule has 3 nitrogen and oxygen atoms in total. The lowest BCUT2D eigenvalue weighted by atomic mass is 10.1. The first-order valence-electron chi connectivity index (χ1n) is 7.60. The molecular weight excluding hydrogens is 356 g/mol. The van der Waals surface area contributed by atoms with Gasteiger partial charge >= 0.3 is 0 Å². The zero-order valence-electron chi connectivity index (χ0n) is 12.6. The SMILES string of the molecule is O=c1cc(-c2ccc(OCCCCBr)cc2)oc2ccccc12. The first kappa shape index (κ1) is 15.8. The molecule has 0 fully saturated rings. The number of hydrogen-bond donors (Lipinski definition) is 0. The van der Waals surface area contributed by atoms with E-state index >= 15 is 0 Å². The third kappa shape index (κ3) is 3.82. The molecule has 0 atom stereocenters. The van der Waals surface area contributed by atoms with E-state index < -0.39 is 0 Å². The average molecular weight is 373 g/mol. The molecule has 2 aromatic carbocycles. The average Bonchev–Trinajstić information content (AvgIpc) is 2.59. The van der Waals surface area contributed by atoms with Gasteiger partial charge in [-0.3, -0.25) is 4.79 Å². The molecule has 23 heavy (non-hydrogen) atoms. The van der Waals surface area contributed by atoms with Gasteiger partial charge in [0.25, 0.3) is 0 Å². The van der Waals surface area contributed by atoms with Gasteiger partial charge in [-0.25, -0.2) is 0 Å². The number of ether oxygens (including phenoxy) is 1. The van der Waals surface area contributed by atoms with Crippen LogP contribution in [0.4, 0.5) is 0 Å². The van der Waals surface area contributed by atoms with Crippen molar-refractivity contribution in [2.24, 2.45) is 0 Å². The first-order chi connectivity index (χ1) is 11.3. The molecule has 3 aromatic rings. The molecule has 0 aliphatic rings. The third-order valence-corrected chi connectivity index (χ3v) is 4.13. The van der Waals surface area contributed by atoms with Gasteiger partial charge < -0.3 is 9.15 Å². The van der Waals surface area contributed by atoms with E-state index in [9.17, 15) is 4.79 Å². The minimum absolute atomic E-state index is 0.0306. The molecule has 0 saturated carbocycles. The van der Waals surface area contributed by atoms with Crippen molar-refractivity contribution in [3.05, 3.63) is 64.8 Å². The Morgan fingerprint density at radius 2 is 1.78 bits per heavy atom. The number of alkyl halides is 1. The molecule has 3 rings (SSSR count). The maximum absolute atomic E-state index is 12.2. The van der Waals surface area contributed by atoms with E-state index in [0.29, 0.717) is 23.3 Å². The van der Waals surface area contributed by atoms with Gasteiger partial charge in [-0.2, -0.15) is 0 Å². The fourth-order valence-electron chi connectivity index (χ4n) is 2.35. The number of fused-ring (bicyclic) bond motifs is 1. The number of para-hydroxylation sites is 1. The normalized spacial score (nSPS) is 10.8. The van der Waals surface area contributed by atoms with Crippen molar-refractivity contribution in [1.82, 2.24) is 0 Å². The van der Waals surface area contributed by atoms with Gasteiger partial charge in [0.2, 0.25) is 0 Å². The highest BCUT2D eigenvalue weighted by atomic mass is 79.9. The Balaban J connectivity index is 1.80. The Morgan fingerprint density at radius 1 is 1.00 bits per heavy atom. The van der Waals surface area contributed by atoms with Gasteiger partial charge in [-0.05, 0) is 49.2 Å². The summed E-state index contributed by atoms with van der Waals surface area (Å²) in [7, 11) is 0. The largest absolute Gasteiger partial charge is 0.494 e. The van der Waals surface area contributed by atoms with Crippen LogP contribution >= 0.6 is 15.9 Å². The Hall–Kier alpha value is -2.07. The highest BCUT2D eigenvalue weighted by molar-refractivity contribution is 9.09. The van der Waals surface area contributed by atoms with Gasteiger partial charge in [-0.15, -0.1) is 0 Å². The predicted molar refractivity (Wildman–Crippen MR) is 96.4 cm³/mol. The zero-order chi connectivity index (χ0) is 16.1. The van der Waals surface area contributed by atoms with Crippen LogP contribution in [0, 0.1) is 0 Å². The Kier molecular flexibility index (Phi) is 5.13. The quantitative estimate of drug-likeness (QED) is 0.450. The molecule has 1 heterocycles. The lowest BCUT2D eigenvalue weighted by Gasteiger charge is -2.07. The molecule has 0 aliphatic heterocycles. The number of halogens is 1. The smallest absolute Gasteiger partial charge is 0.193 e. The topological polar surface area (TPSA) is 39.4 Å². The summed E-state index contributed by atoms with van der Waals surface area (Å²) in [5, 5.41) is 1.60. The Bertz CT molecular complexity index is 837. The van der Waals surface area contributed by atoms with E-state index in [0.717, 1.165) is 29.5 Å². The van der Waals surface area contributed by atoms with Crippen molar-refractivity contribution in [3.63, 3.8) is 0 Å². The molecule has 0 aliphatic carbocycles. The summed E-state index contributed by atoms with van der Waals surface area (Å²) >= 11 is 3.40. The van der Waals surface area contributed by atoms with Gasteiger partial charge in [0.05, 0.1) is 12.0 Å². The molecule has 0 radical (unpaired) electrons. The van der Waals surface area contributed by atoms with Crippen LogP contribution in [-0.2, 0) is 0 Å². The lowest BCUT2D eigenvalue weighted by Crippen LogP contribution is -2.00. The molecule has 4 heteroatoms. The summed E-state index contributed by atoms with van der Waals surface area (Å²) in [6.45, 7) is 0.704. The van der Waals surface area contributed by atoms with Gasteiger partial charge in [0.15, 0.2) is 5.43 Å². The summed E-state index contributed by atoms with van der Waals surface area (Å²) < 4.78 is 11.5. The summed E-state index contributed by atoms with van der Waals surface area (Å²) in [5.41, 5.74) is 1.43. The third-order valence-electron chi connectivity index (χ3n) is 3.57. The van der Waals surface area contributed by atoms with Crippen LogP contribution in [0.3, 0.4) is 0 Å². The Morgan fingerprint density at radius 3 is 2.57 bits per heavy atom. The molecule has 0 N–H and O–H groups in total. The summed E-state index contributed by atoms with van der Waals surface area (Å²) in [6, 6.07) is 16.4. The van der Waals surface area contributed by atoms with Crippen LogP contribution in [-0.4, -0.2) is 11.9 Å². The van der Waals surface area contributed by atoms with Crippen LogP contribution in [0.15, 0.2) is 63.8 Å². The van der Waals surface area contributed by atoms with Crippen molar-refractivity contribution >= 4 is 26.9 Å². The first-order valence-corrected chi connectivity index (χ1v) is 8.72. The van der Waals surface area contributed by atoms with E-state index in [1.54, 1.807) is 6.07 Å². The molecule has 1 aromatic heterocycles. The second-order valence-corrected chi connectivity index (χ2v) is 6.03. The Labute approximate surface area is 143 Å². The fraction of sp³-hybridized carbons (Fsp3) is 0.211. The van der Waals surface area contributed by atoms with Crippen molar-refractivity contribution in [3.8, 4) is 17.1 Å². The minimum atomic E-state index is -0.0306. The van der Waals surface area contributed by atoms with Crippen molar-refractivity contribution in [1.29, 1.82) is 0 Å².